The molecule has 0 radical (unpaired) electrons. The minimum Gasteiger partial charge on any atom is -0.493 e. The van der Waals surface area contributed by atoms with E-state index in [0.717, 1.165) is 15.7 Å². The molecule has 0 aromatic heterocycles. The minimum absolute atomic E-state index is 0.121. The maximum Gasteiger partial charge on any atom is 0.258 e. The summed E-state index contributed by atoms with van der Waals surface area (Å²) in [5.74, 6) is 0.823. The molecule has 0 spiro atoms. The molecule has 2 aromatic carbocycles. The second kappa shape index (κ2) is 9.72. The summed E-state index contributed by atoms with van der Waals surface area (Å²) in [6.45, 7) is 6.04. The van der Waals surface area contributed by atoms with Gasteiger partial charge >= 0.3 is 0 Å². The SMILES string of the molecule is COc1ccc(Br)c(CNc2ccc(Cl)c(Cl)c2)c1OCC(=O)NC(C)(C)C. The summed E-state index contributed by atoms with van der Waals surface area (Å²) in [5, 5.41) is 7.10. The molecule has 0 aliphatic heterocycles. The van der Waals surface area contributed by atoms with E-state index in [1.807, 2.05) is 32.9 Å². The first-order valence-corrected chi connectivity index (χ1v) is 10.1. The van der Waals surface area contributed by atoms with Gasteiger partial charge in [0, 0.05) is 27.8 Å². The van der Waals surface area contributed by atoms with Crippen molar-refractivity contribution in [1.29, 1.82) is 0 Å². The Kier molecular flexibility index (Phi) is 7.87. The molecule has 2 aromatic rings. The van der Waals surface area contributed by atoms with Gasteiger partial charge in [0.05, 0.1) is 17.2 Å². The molecule has 5 nitrogen and oxygen atoms in total. The molecule has 0 bridgehead atoms. The highest BCUT2D eigenvalue weighted by Crippen LogP contribution is 2.37. The summed E-state index contributed by atoms with van der Waals surface area (Å²) >= 11 is 15.6. The van der Waals surface area contributed by atoms with Crippen molar-refractivity contribution in [1.82, 2.24) is 5.32 Å². The lowest BCUT2D eigenvalue weighted by Gasteiger charge is -2.22. The molecule has 2 N–H and O–H groups in total. The highest BCUT2D eigenvalue weighted by molar-refractivity contribution is 9.10. The Morgan fingerprint density at radius 2 is 1.86 bits per heavy atom. The predicted molar refractivity (Wildman–Crippen MR) is 118 cm³/mol. The van der Waals surface area contributed by atoms with E-state index in [-0.39, 0.29) is 18.1 Å². The predicted octanol–water partition coefficient (Wildman–Crippen LogP) is 5.67. The molecule has 0 fully saturated rings. The number of nitrogens with one attached hydrogen (secondary N) is 2. The second-order valence-electron chi connectivity index (χ2n) is 7.13. The van der Waals surface area contributed by atoms with Crippen LogP contribution in [0.2, 0.25) is 10.0 Å². The van der Waals surface area contributed by atoms with Crippen molar-refractivity contribution in [2.45, 2.75) is 32.9 Å². The first kappa shape index (κ1) is 22.7. The summed E-state index contributed by atoms with van der Waals surface area (Å²) in [5.41, 5.74) is 1.29. The maximum absolute atomic E-state index is 12.1. The Morgan fingerprint density at radius 3 is 2.46 bits per heavy atom. The zero-order valence-electron chi connectivity index (χ0n) is 16.2. The smallest absolute Gasteiger partial charge is 0.258 e. The van der Waals surface area contributed by atoms with Crippen LogP contribution in [0.15, 0.2) is 34.8 Å². The highest BCUT2D eigenvalue weighted by atomic mass is 79.9. The van der Waals surface area contributed by atoms with E-state index in [4.69, 9.17) is 32.7 Å². The third-order valence-electron chi connectivity index (χ3n) is 3.64. The first-order chi connectivity index (χ1) is 13.1. The largest absolute Gasteiger partial charge is 0.493 e. The third kappa shape index (κ3) is 6.47. The van der Waals surface area contributed by atoms with Gasteiger partial charge in [0.15, 0.2) is 18.1 Å². The summed E-state index contributed by atoms with van der Waals surface area (Å²) in [4.78, 5) is 12.1. The maximum atomic E-state index is 12.1. The number of anilines is 1. The quantitative estimate of drug-likeness (QED) is 0.526. The number of amides is 1. The lowest BCUT2D eigenvalue weighted by Crippen LogP contribution is -2.43. The second-order valence-corrected chi connectivity index (χ2v) is 8.80. The minimum atomic E-state index is -0.333. The Morgan fingerprint density at radius 1 is 1.14 bits per heavy atom. The van der Waals surface area contributed by atoms with Gasteiger partial charge in [-0.2, -0.15) is 0 Å². The average Bonchev–Trinajstić information content (AvgIpc) is 2.60. The van der Waals surface area contributed by atoms with Crippen molar-refractivity contribution in [3.8, 4) is 11.5 Å². The topological polar surface area (TPSA) is 59.6 Å². The Labute approximate surface area is 183 Å². The Bertz CT molecular complexity index is 854. The number of hydrogen-bond acceptors (Lipinski definition) is 4. The van der Waals surface area contributed by atoms with Gasteiger partial charge < -0.3 is 20.1 Å². The van der Waals surface area contributed by atoms with Gasteiger partial charge in [0.25, 0.3) is 5.91 Å². The van der Waals surface area contributed by atoms with Crippen LogP contribution in [0.4, 0.5) is 5.69 Å². The number of carbonyl (C=O) groups is 1. The molecule has 1 amide bonds. The van der Waals surface area contributed by atoms with Crippen LogP contribution in [-0.2, 0) is 11.3 Å². The number of carbonyl (C=O) groups excluding carboxylic acids is 1. The molecule has 0 saturated heterocycles. The van der Waals surface area contributed by atoms with E-state index in [2.05, 4.69) is 26.6 Å². The van der Waals surface area contributed by atoms with Gasteiger partial charge in [-0.3, -0.25) is 4.79 Å². The van der Waals surface area contributed by atoms with Gasteiger partial charge in [-0.25, -0.2) is 0 Å². The van der Waals surface area contributed by atoms with Gasteiger partial charge in [-0.15, -0.1) is 0 Å². The van der Waals surface area contributed by atoms with Crippen LogP contribution in [0.1, 0.15) is 26.3 Å². The molecular formula is C20H23BrCl2N2O3. The first-order valence-electron chi connectivity index (χ1n) is 8.59. The molecule has 2 rings (SSSR count). The van der Waals surface area contributed by atoms with Crippen LogP contribution in [0.3, 0.4) is 0 Å². The van der Waals surface area contributed by atoms with Crippen LogP contribution < -0.4 is 20.1 Å². The Hall–Kier alpha value is -1.63. The van der Waals surface area contributed by atoms with Crippen molar-refractivity contribution < 1.29 is 14.3 Å². The number of ether oxygens (including phenoxy) is 2. The van der Waals surface area contributed by atoms with Crippen molar-refractivity contribution in [3.05, 3.63) is 50.4 Å². The summed E-state index contributed by atoms with van der Waals surface area (Å²) in [6, 6.07) is 8.95. The van der Waals surface area contributed by atoms with E-state index in [9.17, 15) is 4.79 Å². The van der Waals surface area contributed by atoms with E-state index in [0.29, 0.717) is 28.1 Å². The molecule has 152 valence electrons. The third-order valence-corrected chi connectivity index (χ3v) is 5.12. The van der Waals surface area contributed by atoms with Crippen LogP contribution in [0.5, 0.6) is 11.5 Å². The molecule has 0 atom stereocenters. The molecular weight excluding hydrogens is 467 g/mol. The molecule has 0 unspecified atom stereocenters. The lowest BCUT2D eigenvalue weighted by molar-refractivity contribution is -0.124. The monoisotopic (exact) mass is 488 g/mol. The number of rotatable bonds is 7. The number of benzene rings is 2. The Balaban J connectivity index is 2.20. The summed E-state index contributed by atoms with van der Waals surface area (Å²) in [7, 11) is 1.56. The average molecular weight is 490 g/mol. The van der Waals surface area contributed by atoms with E-state index < -0.39 is 0 Å². The van der Waals surface area contributed by atoms with Crippen LogP contribution in [0.25, 0.3) is 0 Å². The van der Waals surface area contributed by atoms with Crippen LogP contribution in [0, 0.1) is 0 Å². The molecule has 8 heteroatoms. The normalized spacial score (nSPS) is 11.1. The van der Waals surface area contributed by atoms with E-state index in [1.165, 1.54) is 0 Å². The summed E-state index contributed by atoms with van der Waals surface area (Å²) in [6.07, 6.45) is 0. The zero-order chi connectivity index (χ0) is 20.9. The van der Waals surface area contributed by atoms with Gasteiger partial charge in [0.1, 0.15) is 0 Å². The van der Waals surface area contributed by atoms with Crippen molar-refractivity contribution in [2.24, 2.45) is 0 Å². The molecule has 0 aliphatic carbocycles. The van der Waals surface area contributed by atoms with Gasteiger partial charge in [-0.05, 0) is 51.1 Å². The van der Waals surface area contributed by atoms with Crippen molar-refractivity contribution >= 4 is 50.7 Å². The van der Waals surface area contributed by atoms with E-state index >= 15 is 0 Å². The van der Waals surface area contributed by atoms with Gasteiger partial charge in [0.2, 0.25) is 0 Å². The van der Waals surface area contributed by atoms with Gasteiger partial charge in [-0.1, -0.05) is 39.1 Å². The number of halogens is 3. The molecule has 28 heavy (non-hydrogen) atoms. The summed E-state index contributed by atoms with van der Waals surface area (Å²) < 4.78 is 12.1. The molecule has 0 aliphatic rings. The molecule has 0 heterocycles. The lowest BCUT2D eigenvalue weighted by atomic mass is 10.1. The fourth-order valence-corrected chi connectivity index (χ4v) is 3.21. The van der Waals surface area contributed by atoms with Crippen LogP contribution >= 0.6 is 39.1 Å². The molecule has 0 saturated carbocycles. The zero-order valence-corrected chi connectivity index (χ0v) is 19.3. The van der Waals surface area contributed by atoms with Crippen molar-refractivity contribution in [2.75, 3.05) is 19.0 Å². The number of hydrogen-bond donors (Lipinski definition) is 2. The highest BCUT2D eigenvalue weighted by Gasteiger charge is 2.18. The van der Waals surface area contributed by atoms with Crippen molar-refractivity contribution in [3.63, 3.8) is 0 Å². The fourth-order valence-electron chi connectivity index (χ4n) is 2.45. The fraction of sp³-hybridized carbons (Fsp3) is 0.350. The van der Waals surface area contributed by atoms with E-state index in [1.54, 1.807) is 25.3 Å². The van der Waals surface area contributed by atoms with Crippen LogP contribution in [-0.4, -0.2) is 25.2 Å². The number of methoxy groups -OCH3 is 1. The standard InChI is InChI=1S/C20H23BrCl2N2O3/c1-20(2,3)25-18(26)11-28-19-13(14(21)6-8-17(19)27-4)10-24-12-5-7-15(22)16(23)9-12/h5-9,24H,10-11H2,1-4H3,(H,25,26).